The Kier molecular flexibility index (Phi) is 4.37. The molecule has 4 aromatic rings. The second kappa shape index (κ2) is 6.87. The van der Waals surface area contributed by atoms with Gasteiger partial charge >= 0.3 is 5.69 Å². The van der Waals surface area contributed by atoms with Gasteiger partial charge in [-0.25, -0.2) is 23.1 Å². The first-order valence-electron chi connectivity index (χ1n) is 8.09. The largest absolute Gasteiger partial charge is 0.337 e. The van der Waals surface area contributed by atoms with Gasteiger partial charge in [-0.2, -0.15) is 0 Å². The maximum Gasteiger partial charge on any atom is 0.337 e. The van der Waals surface area contributed by atoms with Crippen molar-refractivity contribution in [3.8, 4) is 17.5 Å². The molecule has 0 atom stereocenters. The summed E-state index contributed by atoms with van der Waals surface area (Å²) in [6.07, 6.45) is 0. The summed E-state index contributed by atoms with van der Waals surface area (Å²) >= 11 is 0.995. The van der Waals surface area contributed by atoms with E-state index in [1.807, 2.05) is 6.07 Å². The number of hydrogen-bond acceptors (Lipinski definition) is 4. The summed E-state index contributed by atoms with van der Waals surface area (Å²) < 4.78 is 31.1. The van der Waals surface area contributed by atoms with Crippen LogP contribution in [0.1, 0.15) is 11.1 Å². The molecule has 28 heavy (non-hydrogen) atoms. The van der Waals surface area contributed by atoms with Gasteiger partial charge in [-0.05, 0) is 24.3 Å². The second-order valence-electron chi connectivity index (χ2n) is 5.89. The highest BCUT2D eigenvalue weighted by atomic mass is 32.1. The molecular formula is C20H11F2N3O2S. The van der Waals surface area contributed by atoms with Gasteiger partial charge in [-0.1, -0.05) is 30.0 Å². The lowest BCUT2D eigenvalue weighted by atomic mass is 10.1. The van der Waals surface area contributed by atoms with Gasteiger partial charge in [0.2, 0.25) is 0 Å². The quantitative estimate of drug-likeness (QED) is 0.466. The van der Waals surface area contributed by atoms with Gasteiger partial charge in [0.25, 0.3) is 5.56 Å². The number of thiazole rings is 1. The summed E-state index contributed by atoms with van der Waals surface area (Å²) in [5.41, 5.74) is -0.0935. The maximum atomic E-state index is 14.7. The lowest BCUT2D eigenvalue weighted by Crippen LogP contribution is -2.38. The number of halogens is 2. The van der Waals surface area contributed by atoms with E-state index in [0.717, 1.165) is 28.0 Å². The Balaban J connectivity index is 1.90. The summed E-state index contributed by atoms with van der Waals surface area (Å²) in [5, 5.41) is 0. The molecule has 2 heterocycles. The van der Waals surface area contributed by atoms with E-state index in [0.29, 0.717) is 10.1 Å². The zero-order valence-electron chi connectivity index (χ0n) is 14.4. The van der Waals surface area contributed by atoms with Crippen molar-refractivity contribution in [2.75, 3.05) is 0 Å². The van der Waals surface area contributed by atoms with Gasteiger partial charge in [-0.3, -0.25) is 9.36 Å². The Bertz CT molecular complexity index is 1370. The average molecular weight is 395 g/mol. The second-order valence-corrected chi connectivity index (χ2v) is 6.75. The molecule has 0 aliphatic rings. The fourth-order valence-corrected chi connectivity index (χ4v) is 3.51. The van der Waals surface area contributed by atoms with E-state index >= 15 is 0 Å². The molecule has 0 saturated carbocycles. The molecule has 138 valence electrons. The highest BCUT2D eigenvalue weighted by Gasteiger charge is 2.21. The van der Waals surface area contributed by atoms with E-state index in [-0.39, 0.29) is 15.9 Å². The van der Waals surface area contributed by atoms with Crippen LogP contribution in [0.4, 0.5) is 8.78 Å². The monoisotopic (exact) mass is 395 g/mol. The Hall–Kier alpha value is -3.57. The van der Waals surface area contributed by atoms with E-state index in [2.05, 4.69) is 16.8 Å². The third-order valence-electron chi connectivity index (χ3n) is 4.11. The van der Waals surface area contributed by atoms with E-state index in [1.54, 1.807) is 24.3 Å². The molecule has 0 spiro atoms. The van der Waals surface area contributed by atoms with Crippen molar-refractivity contribution in [1.29, 1.82) is 0 Å². The van der Waals surface area contributed by atoms with Crippen LogP contribution in [0, 0.1) is 23.5 Å². The maximum absolute atomic E-state index is 14.7. The van der Waals surface area contributed by atoms with Gasteiger partial charge in [0.05, 0.1) is 5.51 Å². The molecule has 2 aromatic carbocycles. The molecule has 0 saturated heterocycles. The Labute approximate surface area is 161 Å². The van der Waals surface area contributed by atoms with Crippen LogP contribution in [0.15, 0.2) is 57.6 Å². The number of fused-ring (bicyclic) bond motifs is 1. The van der Waals surface area contributed by atoms with Crippen molar-refractivity contribution in [3.05, 3.63) is 91.6 Å². The van der Waals surface area contributed by atoms with Crippen molar-refractivity contribution >= 4 is 21.7 Å². The van der Waals surface area contributed by atoms with Gasteiger partial charge in [0.15, 0.2) is 17.3 Å². The Morgan fingerprint density at radius 1 is 1.00 bits per heavy atom. The van der Waals surface area contributed by atoms with Gasteiger partial charge in [-0.15, -0.1) is 11.3 Å². The van der Waals surface area contributed by atoms with Crippen molar-refractivity contribution in [2.24, 2.45) is 7.05 Å². The predicted octanol–water partition coefficient (Wildman–Crippen LogP) is 2.82. The number of aryl methyl sites for hydroxylation is 1. The molecule has 0 radical (unpaired) electrons. The van der Waals surface area contributed by atoms with Crippen LogP contribution >= 0.6 is 11.3 Å². The molecule has 5 nitrogen and oxygen atoms in total. The molecule has 0 fully saturated rings. The summed E-state index contributed by atoms with van der Waals surface area (Å²) in [6.45, 7) is 0. The van der Waals surface area contributed by atoms with Gasteiger partial charge in [0, 0.05) is 18.2 Å². The van der Waals surface area contributed by atoms with Crippen LogP contribution in [-0.4, -0.2) is 14.1 Å². The summed E-state index contributed by atoms with van der Waals surface area (Å²) in [6, 6.07) is 11.0. The predicted molar refractivity (Wildman–Crippen MR) is 103 cm³/mol. The lowest BCUT2D eigenvalue weighted by Gasteiger charge is -2.10. The SMILES string of the molecule is Cn1c(=O)n(-c2c(F)cc(C#Cc3ccccc3)cc2F)c(=O)c2scnc21. The smallest absolute Gasteiger partial charge is 0.279 e. The van der Waals surface area contributed by atoms with Crippen molar-refractivity contribution in [3.63, 3.8) is 0 Å². The number of rotatable bonds is 1. The van der Waals surface area contributed by atoms with Crippen LogP contribution in [0.25, 0.3) is 16.0 Å². The minimum atomic E-state index is -1.06. The fraction of sp³-hybridized carbons (Fsp3) is 0.0500. The van der Waals surface area contributed by atoms with Crippen LogP contribution in [0.3, 0.4) is 0 Å². The Morgan fingerprint density at radius 3 is 2.32 bits per heavy atom. The van der Waals surface area contributed by atoms with Crippen molar-refractivity contribution < 1.29 is 8.78 Å². The summed E-state index contributed by atoms with van der Waals surface area (Å²) in [5.74, 6) is 3.37. The molecule has 2 aromatic heterocycles. The molecule has 0 aliphatic heterocycles. The zero-order chi connectivity index (χ0) is 19.8. The van der Waals surface area contributed by atoms with Crippen LogP contribution in [0.2, 0.25) is 0 Å². The standard InChI is InChI=1S/C20H11F2N3O2S/c1-24-18-17(28-11-23-18)19(26)25(20(24)27)16-14(21)9-13(10-15(16)22)8-7-12-5-3-2-4-6-12/h2-6,9-11H,1H3. The zero-order valence-corrected chi connectivity index (χ0v) is 15.3. The van der Waals surface area contributed by atoms with E-state index in [1.165, 1.54) is 12.6 Å². The average Bonchev–Trinajstić information content (AvgIpc) is 3.18. The summed E-state index contributed by atoms with van der Waals surface area (Å²) in [4.78, 5) is 29.1. The normalized spacial score (nSPS) is 10.7. The van der Waals surface area contributed by atoms with Crippen molar-refractivity contribution in [1.82, 2.24) is 14.1 Å². The van der Waals surface area contributed by atoms with E-state index < -0.39 is 28.6 Å². The molecule has 8 heteroatoms. The van der Waals surface area contributed by atoms with Crippen LogP contribution < -0.4 is 11.2 Å². The minimum absolute atomic E-state index is 0.0892. The van der Waals surface area contributed by atoms with E-state index in [4.69, 9.17) is 0 Å². The molecule has 0 amide bonds. The first kappa shape index (κ1) is 17.8. The highest BCUT2D eigenvalue weighted by Crippen LogP contribution is 2.19. The first-order chi connectivity index (χ1) is 13.5. The fourth-order valence-electron chi connectivity index (χ4n) is 2.77. The third-order valence-corrected chi connectivity index (χ3v) is 4.91. The summed E-state index contributed by atoms with van der Waals surface area (Å²) in [7, 11) is 1.38. The Morgan fingerprint density at radius 2 is 1.64 bits per heavy atom. The van der Waals surface area contributed by atoms with Gasteiger partial charge in [0.1, 0.15) is 10.4 Å². The number of benzene rings is 2. The van der Waals surface area contributed by atoms with Gasteiger partial charge < -0.3 is 0 Å². The van der Waals surface area contributed by atoms with Crippen molar-refractivity contribution in [2.45, 2.75) is 0 Å². The number of aromatic nitrogens is 3. The molecule has 0 unspecified atom stereocenters. The molecule has 4 rings (SSSR count). The molecule has 0 N–H and O–H groups in total. The molecule has 0 bridgehead atoms. The lowest BCUT2D eigenvalue weighted by molar-refractivity contribution is 0.559. The number of nitrogens with zero attached hydrogens (tertiary/aromatic N) is 3. The molecule has 0 aliphatic carbocycles. The third kappa shape index (κ3) is 2.92. The highest BCUT2D eigenvalue weighted by molar-refractivity contribution is 7.16. The van der Waals surface area contributed by atoms with Crippen LogP contribution in [0.5, 0.6) is 0 Å². The number of hydrogen-bond donors (Lipinski definition) is 0. The minimum Gasteiger partial charge on any atom is -0.279 e. The first-order valence-corrected chi connectivity index (χ1v) is 8.97. The van der Waals surface area contributed by atoms with E-state index in [9.17, 15) is 18.4 Å². The molecular weight excluding hydrogens is 384 g/mol. The van der Waals surface area contributed by atoms with Crippen LogP contribution in [-0.2, 0) is 7.05 Å². The topological polar surface area (TPSA) is 56.9 Å².